The van der Waals surface area contributed by atoms with E-state index in [-0.39, 0.29) is 18.6 Å². The Bertz CT molecular complexity index is 764. The zero-order chi connectivity index (χ0) is 17.5. The number of nitriles is 1. The Balaban J connectivity index is 1.84. The second-order valence-corrected chi connectivity index (χ2v) is 6.02. The standard InChI is InChI=1S/C18H15BrN2O3/c1-12(14-6-8-16(19)9-7-14)21-17(22)11-24-18(23)15-4-2-13(10-20)3-5-15/h2-9,12H,11H2,1H3,(H,21,22). The third-order valence-corrected chi connectivity index (χ3v) is 3.86. The highest BCUT2D eigenvalue weighted by Gasteiger charge is 2.13. The summed E-state index contributed by atoms with van der Waals surface area (Å²) in [4.78, 5) is 23.7. The van der Waals surface area contributed by atoms with Gasteiger partial charge in [-0.1, -0.05) is 28.1 Å². The summed E-state index contributed by atoms with van der Waals surface area (Å²) in [6.07, 6.45) is 0. The third-order valence-electron chi connectivity index (χ3n) is 3.33. The molecule has 0 spiro atoms. The van der Waals surface area contributed by atoms with E-state index in [4.69, 9.17) is 10.00 Å². The molecule has 0 aliphatic heterocycles. The van der Waals surface area contributed by atoms with Gasteiger partial charge >= 0.3 is 5.97 Å². The molecular weight excluding hydrogens is 372 g/mol. The van der Waals surface area contributed by atoms with Crippen molar-refractivity contribution in [2.75, 3.05) is 6.61 Å². The van der Waals surface area contributed by atoms with E-state index in [2.05, 4.69) is 21.2 Å². The quantitative estimate of drug-likeness (QED) is 0.798. The number of nitrogens with one attached hydrogen (secondary N) is 1. The zero-order valence-electron chi connectivity index (χ0n) is 13.0. The number of carbonyl (C=O) groups is 2. The van der Waals surface area contributed by atoms with E-state index in [1.54, 1.807) is 0 Å². The summed E-state index contributed by atoms with van der Waals surface area (Å²) in [7, 11) is 0. The van der Waals surface area contributed by atoms with Gasteiger partial charge in [-0.15, -0.1) is 0 Å². The molecule has 2 rings (SSSR count). The highest BCUT2D eigenvalue weighted by Crippen LogP contribution is 2.16. The van der Waals surface area contributed by atoms with E-state index in [1.165, 1.54) is 24.3 Å². The monoisotopic (exact) mass is 386 g/mol. The summed E-state index contributed by atoms with van der Waals surface area (Å²) < 4.78 is 5.94. The van der Waals surface area contributed by atoms with Crippen LogP contribution in [0, 0.1) is 11.3 Å². The van der Waals surface area contributed by atoms with Crippen LogP contribution in [-0.4, -0.2) is 18.5 Å². The van der Waals surface area contributed by atoms with Gasteiger partial charge in [0, 0.05) is 4.47 Å². The average Bonchev–Trinajstić information content (AvgIpc) is 2.60. The van der Waals surface area contributed by atoms with Crippen LogP contribution in [-0.2, 0) is 9.53 Å². The summed E-state index contributed by atoms with van der Waals surface area (Å²) in [6, 6.07) is 15.4. The van der Waals surface area contributed by atoms with Gasteiger partial charge in [-0.25, -0.2) is 4.79 Å². The largest absolute Gasteiger partial charge is 0.452 e. The van der Waals surface area contributed by atoms with Gasteiger partial charge in [0.2, 0.25) is 0 Å². The number of benzene rings is 2. The van der Waals surface area contributed by atoms with Gasteiger partial charge in [-0.2, -0.15) is 5.26 Å². The van der Waals surface area contributed by atoms with Crippen LogP contribution in [0.5, 0.6) is 0 Å². The Morgan fingerprint density at radius 3 is 2.38 bits per heavy atom. The van der Waals surface area contributed by atoms with Crippen molar-refractivity contribution in [3.63, 3.8) is 0 Å². The number of amides is 1. The molecule has 0 heterocycles. The lowest BCUT2D eigenvalue weighted by molar-refractivity contribution is -0.124. The second-order valence-electron chi connectivity index (χ2n) is 5.11. The number of nitrogens with zero attached hydrogens (tertiary/aromatic N) is 1. The maximum atomic E-state index is 11.9. The van der Waals surface area contributed by atoms with Crippen molar-refractivity contribution in [1.29, 1.82) is 5.26 Å². The lowest BCUT2D eigenvalue weighted by Gasteiger charge is -2.14. The molecule has 2 aromatic carbocycles. The van der Waals surface area contributed by atoms with Crippen LogP contribution in [0.4, 0.5) is 0 Å². The van der Waals surface area contributed by atoms with Crippen LogP contribution in [0.1, 0.15) is 34.5 Å². The van der Waals surface area contributed by atoms with Gasteiger partial charge in [-0.3, -0.25) is 4.79 Å². The molecule has 1 N–H and O–H groups in total. The van der Waals surface area contributed by atoms with Crippen LogP contribution in [0.25, 0.3) is 0 Å². The van der Waals surface area contributed by atoms with E-state index in [0.29, 0.717) is 11.1 Å². The van der Waals surface area contributed by atoms with Gasteiger partial charge in [-0.05, 0) is 48.9 Å². The van der Waals surface area contributed by atoms with Crippen molar-refractivity contribution < 1.29 is 14.3 Å². The van der Waals surface area contributed by atoms with Crippen molar-refractivity contribution in [1.82, 2.24) is 5.32 Å². The summed E-state index contributed by atoms with van der Waals surface area (Å²) >= 11 is 3.35. The van der Waals surface area contributed by atoms with Crippen molar-refractivity contribution in [2.45, 2.75) is 13.0 Å². The number of carbonyl (C=O) groups excluding carboxylic acids is 2. The van der Waals surface area contributed by atoms with Crippen molar-refractivity contribution in [3.8, 4) is 6.07 Å². The molecule has 1 atom stereocenters. The molecule has 24 heavy (non-hydrogen) atoms. The van der Waals surface area contributed by atoms with Crippen molar-refractivity contribution in [2.24, 2.45) is 0 Å². The van der Waals surface area contributed by atoms with Crippen molar-refractivity contribution in [3.05, 3.63) is 69.7 Å². The Morgan fingerprint density at radius 1 is 1.17 bits per heavy atom. The first-order valence-electron chi connectivity index (χ1n) is 7.21. The van der Waals surface area contributed by atoms with E-state index in [1.807, 2.05) is 37.3 Å². The minimum atomic E-state index is -0.606. The SMILES string of the molecule is CC(NC(=O)COC(=O)c1ccc(C#N)cc1)c1ccc(Br)cc1. The van der Waals surface area contributed by atoms with E-state index in [0.717, 1.165) is 10.0 Å². The molecule has 0 aliphatic carbocycles. The predicted molar refractivity (Wildman–Crippen MR) is 92.1 cm³/mol. The molecular formula is C18H15BrN2O3. The molecule has 1 unspecified atom stereocenters. The molecule has 0 saturated heterocycles. The Kier molecular flexibility index (Phi) is 6.10. The van der Waals surface area contributed by atoms with E-state index < -0.39 is 5.97 Å². The lowest BCUT2D eigenvalue weighted by Crippen LogP contribution is -2.31. The van der Waals surface area contributed by atoms with Crippen LogP contribution < -0.4 is 5.32 Å². The predicted octanol–water partition coefficient (Wildman–Crippen LogP) is 3.35. The highest BCUT2D eigenvalue weighted by atomic mass is 79.9. The van der Waals surface area contributed by atoms with E-state index in [9.17, 15) is 9.59 Å². The Morgan fingerprint density at radius 2 is 1.79 bits per heavy atom. The summed E-state index contributed by atoms with van der Waals surface area (Å²) in [5.41, 5.74) is 1.69. The van der Waals surface area contributed by atoms with Gasteiger partial charge in [0.25, 0.3) is 5.91 Å². The highest BCUT2D eigenvalue weighted by molar-refractivity contribution is 9.10. The van der Waals surface area contributed by atoms with E-state index >= 15 is 0 Å². The second kappa shape index (κ2) is 8.27. The Hall–Kier alpha value is -2.65. The van der Waals surface area contributed by atoms with Gasteiger partial charge in [0.05, 0.1) is 23.2 Å². The maximum absolute atomic E-state index is 11.9. The summed E-state index contributed by atoms with van der Waals surface area (Å²) in [5, 5.41) is 11.5. The first-order valence-corrected chi connectivity index (χ1v) is 8.01. The molecule has 0 aromatic heterocycles. The first-order chi connectivity index (χ1) is 11.5. The lowest BCUT2D eigenvalue weighted by atomic mass is 10.1. The molecule has 0 fully saturated rings. The number of halogens is 1. The smallest absolute Gasteiger partial charge is 0.338 e. The van der Waals surface area contributed by atoms with Gasteiger partial charge in [0.1, 0.15) is 0 Å². The fourth-order valence-electron chi connectivity index (χ4n) is 2.01. The van der Waals surface area contributed by atoms with Crippen LogP contribution >= 0.6 is 15.9 Å². The number of hydrogen-bond donors (Lipinski definition) is 1. The minimum Gasteiger partial charge on any atom is -0.452 e. The number of ether oxygens (including phenoxy) is 1. The van der Waals surface area contributed by atoms with Gasteiger partial charge in [0.15, 0.2) is 6.61 Å². The zero-order valence-corrected chi connectivity index (χ0v) is 14.5. The van der Waals surface area contributed by atoms with Crippen molar-refractivity contribution >= 4 is 27.8 Å². The molecule has 0 saturated carbocycles. The maximum Gasteiger partial charge on any atom is 0.338 e. The third kappa shape index (κ3) is 4.93. The molecule has 122 valence electrons. The number of rotatable bonds is 5. The summed E-state index contributed by atoms with van der Waals surface area (Å²) in [5.74, 6) is -0.988. The summed E-state index contributed by atoms with van der Waals surface area (Å²) in [6.45, 7) is 1.49. The molecule has 1 amide bonds. The van der Waals surface area contributed by atoms with Crippen LogP contribution in [0.2, 0.25) is 0 Å². The normalized spacial score (nSPS) is 11.2. The molecule has 5 nitrogen and oxygen atoms in total. The first kappa shape index (κ1) is 17.7. The van der Waals surface area contributed by atoms with Crippen LogP contribution in [0.3, 0.4) is 0 Å². The number of esters is 1. The minimum absolute atomic E-state index is 0.195. The molecule has 6 heteroatoms. The average molecular weight is 387 g/mol. The molecule has 0 bridgehead atoms. The fourth-order valence-corrected chi connectivity index (χ4v) is 2.28. The Labute approximate surface area is 148 Å². The number of hydrogen-bond acceptors (Lipinski definition) is 4. The topological polar surface area (TPSA) is 79.2 Å². The van der Waals surface area contributed by atoms with Crippen LogP contribution in [0.15, 0.2) is 53.0 Å². The molecule has 2 aromatic rings. The van der Waals surface area contributed by atoms with Gasteiger partial charge < -0.3 is 10.1 Å². The molecule has 0 radical (unpaired) electrons. The fraction of sp³-hybridized carbons (Fsp3) is 0.167. The molecule has 0 aliphatic rings.